The van der Waals surface area contributed by atoms with Gasteiger partial charge in [0.05, 0.1) is 12.9 Å². The van der Waals surface area contributed by atoms with Gasteiger partial charge in [-0.3, -0.25) is 9.52 Å². The van der Waals surface area contributed by atoms with E-state index in [0.29, 0.717) is 12.2 Å². The van der Waals surface area contributed by atoms with Crippen molar-refractivity contribution in [2.45, 2.75) is 13.0 Å². The summed E-state index contributed by atoms with van der Waals surface area (Å²) in [6, 6.07) is 15.9. The van der Waals surface area contributed by atoms with Gasteiger partial charge in [-0.1, -0.05) is 30.3 Å². The predicted molar refractivity (Wildman–Crippen MR) is 93.3 cm³/mol. The van der Waals surface area contributed by atoms with Crippen molar-refractivity contribution in [1.29, 1.82) is 0 Å². The Morgan fingerprint density at radius 2 is 1.71 bits per heavy atom. The number of ether oxygens (including phenoxy) is 1. The molecule has 0 fully saturated rings. The Balaban J connectivity index is 1.77. The van der Waals surface area contributed by atoms with Crippen molar-refractivity contribution in [3.63, 3.8) is 0 Å². The maximum atomic E-state index is 11.9. The Morgan fingerprint density at radius 3 is 2.33 bits per heavy atom. The molecular weight excluding hydrogens is 328 g/mol. The Hall–Kier alpha value is -2.54. The number of nitrogens with one attached hydrogen (secondary N) is 2. The number of hydrogen-bond acceptors (Lipinski definition) is 4. The lowest BCUT2D eigenvalue weighted by molar-refractivity contribution is -0.120. The SMILES string of the molecule is COc1ccc(CNC(=O)CCS(=O)(=O)Nc2ccccc2)cc1. The molecule has 0 aromatic heterocycles. The first-order valence-corrected chi connectivity index (χ1v) is 9.09. The average molecular weight is 348 g/mol. The molecule has 0 heterocycles. The first-order valence-electron chi connectivity index (χ1n) is 7.44. The Labute approximate surface area is 141 Å². The first kappa shape index (κ1) is 17.8. The minimum absolute atomic E-state index is 0.0989. The van der Waals surface area contributed by atoms with Gasteiger partial charge < -0.3 is 10.1 Å². The van der Waals surface area contributed by atoms with Gasteiger partial charge >= 0.3 is 0 Å². The number of carbonyl (C=O) groups is 1. The second kappa shape index (κ2) is 8.35. The molecule has 0 saturated heterocycles. The number of benzene rings is 2. The van der Waals surface area contributed by atoms with Gasteiger partial charge in [0.2, 0.25) is 15.9 Å². The molecule has 1 amide bonds. The summed E-state index contributed by atoms with van der Waals surface area (Å²) in [7, 11) is -1.96. The summed E-state index contributed by atoms with van der Waals surface area (Å²) in [5.74, 6) is 0.156. The van der Waals surface area contributed by atoms with Gasteiger partial charge in [-0.15, -0.1) is 0 Å². The van der Waals surface area contributed by atoms with Crippen LogP contribution in [0.2, 0.25) is 0 Å². The highest BCUT2D eigenvalue weighted by atomic mass is 32.2. The molecule has 0 spiro atoms. The van der Waals surface area contributed by atoms with Crippen LogP contribution in [0.15, 0.2) is 54.6 Å². The van der Waals surface area contributed by atoms with Gasteiger partial charge in [0.25, 0.3) is 0 Å². The van der Waals surface area contributed by atoms with E-state index in [9.17, 15) is 13.2 Å². The van der Waals surface area contributed by atoms with Crippen LogP contribution < -0.4 is 14.8 Å². The van der Waals surface area contributed by atoms with Crippen LogP contribution in [-0.4, -0.2) is 27.2 Å². The molecule has 0 aliphatic rings. The molecule has 0 radical (unpaired) electrons. The fourth-order valence-electron chi connectivity index (χ4n) is 2.00. The molecule has 0 saturated carbocycles. The van der Waals surface area contributed by atoms with E-state index in [0.717, 1.165) is 11.3 Å². The number of methoxy groups -OCH3 is 1. The summed E-state index contributed by atoms with van der Waals surface area (Å²) < 4.78 is 31.4. The lowest BCUT2D eigenvalue weighted by Crippen LogP contribution is -2.27. The van der Waals surface area contributed by atoms with E-state index < -0.39 is 10.0 Å². The maximum Gasteiger partial charge on any atom is 0.233 e. The summed E-state index contributed by atoms with van der Waals surface area (Å²) in [6.07, 6.45) is -0.0989. The molecule has 2 N–H and O–H groups in total. The smallest absolute Gasteiger partial charge is 0.233 e. The summed E-state index contributed by atoms with van der Waals surface area (Å²) in [4.78, 5) is 11.8. The highest BCUT2D eigenvalue weighted by Crippen LogP contribution is 2.11. The van der Waals surface area contributed by atoms with Crippen LogP contribution >= 0.6 is 0 Å². The fourth-order valence-corrected chi connectivity index (χ4v) is 3.05. The summed E-state index contributed by atoms with van der Waals surface area (Å²) in [6.45, 7) is 0.342. The van der Waals surface area contributed by atoms with Gasteiger partial charge in [0.1, 0.15) is 5.75 Å². The predicted octanol–water partition coefficient (Wildman–Crippen LogP) is 2.14. The maximum absolute atomic E-state index is 11.9. The van der Waals surface area contributed by atoms with Crippen molar-refractivity contribution < 1.29 is 17.9 Å². The molecule has 0 unspecified atom stereocenters. The molecule has 0 aliphatic heterocycles. The molecule has 24 heavy (non-hydrogen) atoms. The summed E-state index contributed by atoms with van der Waals surface area (Å²) in [5.41, 5.74) is 1.39. The van der Waals surface area contributed by atoms with Crippen LogP contribution in [0.3, 0.4) is 0 Å². The number of rotatable bonds is 8. The molecule has 0 aliphatic carbocycles. The number of sulfonamides is 1. The lowest BCUT2D eigenvalue weighted by atomic mass is 10.2. The van der Waals surface area contributed by atoms with Crippen molar-refractivity contribution in [2.75, 3.05) is 17.6 Å². The highest BCUT2D eigenvalue weighted by Gasteiger charge is 2.13. The van der Waals surface area contributed by atoms with Gasteiger partial charge in [0.15, 0.2) is 0 Å². The van der Waals surface area contributed by atoms with Crippen molar-refractivity contribution in [3.8, 4) is 5.75 Å². The molecule has 0 atom stereocenters. The number of hydrogen-bond donors (Lipinski definition) is 2. The van der Waals surface area contributed by atoms with E-state index in [1.54, 1.807) is 49.6 Å². The van der Waals surface area contributed by atoms with Gasteiger partial charge in [-0.05, 0) is 29.8 Å². The van der Waals surface area contributed by atoms with E-state index in [-0.39, 0.29) is 18.1 Å². The third kappa shape index (κ3) is 5.92. The number of para-hydroxylation sites is 1. The molecule has 7 heteroatoms. The van der Waals surface area contributed by atoms with Crippen LogP contribution in [0.4, 0.5) is 5.69 Å². The number of carbonyl (C=O) groups excluding carboxylic acids is 1. The minimum Gasteiger partial charge on any atom is -0.497 e. The summed E-state index contributed by atoms with van der Waals surface area (Å²) >= 11 is 0. The Kier molecular flexibility index (Phi) is 6.20. The third-order valence-corrected chi connectivity index (χ3v) is 4.58. The molecule has 2 aromatic carbocycles. The third-order valence-electron chi connectivity index (χ3n) is 3.29. The highest BCUT2D eigenvalue weighted by molar-refractivity contribution is 7.92. The largest absolute Gasteiger partial charge is 0.497 e. The molecule has 6 nitrogen and oxygen atoms in total. The minimum atomic E-state index is -3.55. The van der Waals surface area contributed by atoms with Crippen LogP contribution in [-0.2, 0) is 21.4 Å². The fraction of sp³-hybridized carbons (Fsp3) is 0.235. The van der Waals surface area contributed by atoms with Crippen LogP contribution in [0.1, 0.15) is 12.0 Å². The number of anilines is 1. The molecule has 0 bridgehead atoms. The second-order valence-electron chi connectivity index (χ2n) is 5.16. The van der Waals surface area contributed by atoms with Gasteiger partial charge in [0, 0.05) is 18.7 Å². The lowest BCUT2D eigenvalue weighted by Gasteiger charge is -2.09. The van der Waals surface area contributed by atoms with Crippen molar-refractivity contribution >= 4 is 21.6 Å². The molecule has 2 rings (SSSR count). The Morgan fingerprint density at radius 1 is 1.04 bits per heavy atom. The van der Waals surface area contributed by atoms with Gasteiger partial charge in [-0.25, -0.2) is 8.42 Å². The van der Waals surface area contributed by atoms with Crippen molar-refractivity contribution in [2.24, 2.45) is 0 Å². The summed E-state index contributed by atoms with van der Waals surface area (Å²) in [5, 5.41) is 2.70. The van der Waals surface area contributed by atoms with Crippen LogP contribution in [0.5, 0.6) is 5.75 Å². The van der Waals surface area contributed by atoms with Gasteiger partial charge in [-0.2, -0.15) is 0 Å². The average Bonchev–Trinajstić information content (AvgIpc) is 2.59. The number of amides is 1. The topological polar surface area (TPSA) is 84.5 Å². The normalized spacial score (nSPS) is 10.9. The van der Waals surface area contributed by atoms with Crippen molar-refractivity contribution in [3.05, 3.63) is 60.2 Å². The van der Waals surface area contributed by atoms with Crippen LogP contribution in [0, 0.1) is 0 Å². The molecule has 128 valence electrons. The Bertz CT molecular complexity index is 759. The van der Waals surface area contributed by atoms with E-state index in [1.165, 1.54) is 0 Å². The van der Waals surface area contributed by atoms with E-state index >= 15 is 0 Å². The first-order chi connectivity index (χ1) is 11.5. The van der Waals surface area contributed by atoms with E-state index in [4.69, 9.17) is 4.74 Å². The van der Waals surface area contributed by atoms with Crippen LogP contribution in [0.25, 0.3) is 0 Å². The van der Waals surface area contributed by atoms with E-state index in [2.05, 4.69) is 10.0 Å². The second-order valence-corrected chi connectivity index (χ2v) is 7.00. The quantitative estimate of drug-likeness (QED) is 0.765. The standard InChI is InChI=1S/C17H20N2O4S/c1-23-16-9-7-14(8-10-16)13-18-17(20)11-12-24(21,22)19-15-5-3-2-4-6-15/h2-10,19H,11-13H2,1H3,(H,18,20). The van der Waals surface area contributed by atoms with Crippen molar-refractivity contribution in [1.82, 2.24) is 5.32 Å². The monoisotopic (exact) mass is 348 g/mol. The zero-order chi connectivity index (χ0) is 17.4. The van der Waals surface area contributed by atoms with E-state index in [1.807, 2.05) is 12.1 Å². The zero-order valence-corrected chi connectivity index (χ0v) is 14.2. The zero-order valence-electron chi connectivity index (χ0n) is 13.4. The molecular formula is C17H20N2O4S. The molecule has 2 aromatic rings.